The Kier molecular flexibility index (Phi) is 5.52. The number of carbonyl (C=O) groups is 1. The van der Waals surface area contributed by atoms with Gasteiger partial charge in [0.25, 0.3) is 15.9 Å². The first kappa shape index (κ1) is 21.0. The van der Waals surface area contributed by atoms with Crippen molar-refractivity contribution in [2.24, 2.45) is 0 Å². The molecule has 4 rings (SSSR count). The van der Waals surface area contributed by atoms with Gasteiger partial charge >= 0.3 is 0 Å². The zero-order valence-electron chi connectivity index (χ0n) is 15.9. The lowest BCUT2D eigenvalue weighted by molar-refractivity contribution is 0.102. The number of aryl methyl sites for hydroxylation is 1. The molecule has 0 aliphatic rings. The summed E-state index contributed by atoms with van der Waals surface area (Å²) in [6.45, 7) is 1.72. The Morgan fingerprint density at radius 3 is 2.45 bits per heavy atom. The van der Waals surface area contributed by atoms with Crippen LogP contribution in [0.2, 0.25) is 10.2 Å². The summed E-state index contributed by atoms with van der Waals surface area (Å²) in [6, 6.07) is 11.8. The molecule has 0 saturated heterocycles. The summed E-state index contributed by atoms with van der Waals surface area (Å²) >= 11 is 11.6. The molecule has 31 heavy (non-hydrogen) atoms. The minimum Gasteiger partial charge on any atom is -0.321 e. The highest BCUT2D eigenvalue weighted by Crippen LogP contribution is 2.20. The number of aromatic nitrogens is 4. The van der Waals surface area contributed by atoms with Crippen LogP contribution < -0.4 is 10.0 Å². The Hall–Kier alpha value is -3.21. The molecule has 0 unspecified atom stereocenters. The maximum Gasteiger partial charge on any atom is 0.274 e. The molecular weight excluding hydrogens is 463 g/mol. The molecule has 158 valence electrons. The summed E-state index contributed by atoms with van der Waals surface area (Å²) in [6.07, 6.45) is 1.66. The van der Waals surface area contributed by atoms with Crippen molar-refractivity contribution in [2.75, 3.05) is 10.0 Å². The van der Waals surface area contributed by atoms with E-state index in [0.29, 0.717) is 27.7 Å². The van der Waals surface area contributed by atoms with E-state index in [-0.39, 0.29) is 15.9 Å². The standard InChI is InChI=1S/C19H14Cl2N6O3S/c1-11-18(27-9-8-12(20)10-17(27)22-11)19(28)23-13-2-4-14(5-3-13)31(29,30)26-16-7-6-15(21)24-25-16/h2-10H,1H3,(H,23,28)(H,25,26). The van der Waals surface area contributed by atoms with E-state index in [9.17, 15) is 13.2 Å². The van der Waals surface area contributed by atoms with Crippen LogP contribution in [0, 0.1) is 6.92 Å². The Morgan fingerprint density at radius 2 is 1.77 bits per heavy atom. The smallest absolute Gasteiger partial charge is 0.274 e. The fourth-order valence-corrected chi connectivity index (χ4v) is 4.14. The lowest BCUT2D eigenvalue weighted by atomic mass is 10.3. The van der Waals surface area contributed by atoms with Gasteiger partial charge in [-0.1, -0.05) is 23.2 Å². The van der Waals surface area contributed by atoms with E-state index in [1.807, 2.05) is 0 Å². The molecule has 0 saturated carbocycles. The number of nitrogens with zero attached hydrogens (tertiary/aromatic N) is 4. The molecule has 0 bridgehead atoms. The van der Waals surface area contributed by atoms with Crippen molar-refractivity contribution in [3.8, 4) is 0 Å². The summed E-state index contributed by atoms with van der Waals surface area (Å²) < 4.78 is 28.9. The Morgan fingerprint density at radius 1 is 1.03 bits per heavy atom. The van der Waals surface area contributed by atoms with Gasteiger partial charge in [0.15, 0.2) is 11.0 Å². The van der Waals surface area contributed by atoms with E-state index < -0.39 is 15.9 Å². The Bertz CT molecular complexity index is 1390. The summed E-state index contributed by atoms with van der Waals surface area (Å²) in [5.74, 6) is -0.359. The summed E-state index contributed by atoms with van der Waals surface area (Å²) in [7, 11) is -3.89. The number of sulfonamides is 1. The number of carbonyl (C=O) groups excluding carboxylic acids is 1. The van der Waals surface area contributed by atoms with E-state index in [1.165, 1.54) is 36.4 Å². The van der Waals surface area contributed by atoms with Crippen molar-refractivity contribution in [3.63, 3.8) is 0 Å². The second-order valence-electron chi connectivity index (χ2n) is 6.44. The van der Waals surface area contributed by atoms with E-state index in [4.69, 9.17) is 23.2 Å². The highest BCUT2D eigenvalue weighted by atomic mass is 35.5. The van der Waals surface area contributed by atoms with Gasteiger partial charge in [0.2, 0.25) is 0 Å². The highest BCUT2D eigenvalue weighted by molar-refractivity contribution is 7.92. The van der Waals surface area contributed by atoms with Gasteiger partial charge < -0.3 is 5.32 Å². The van der Waals surface area contributed by atoms with Crippen LogP contribution in [0.5, 0.6) is 0 Å². The quantitative estimate of drug-likeness (QED) is 0.452. The summed E-state index contributed by atoms with van der Waals surface area (Å²) in [5, 5.41) is 10.7. The lowest BCUT2D eigenvalue weighted by Crippen LogP contribution is -2.16. The van der Waals surface area contributed by atoms with Crippen molar-refractivity contribution < 1.29 is 13.2 Å². The third-order valence-corrected chi connectivity index (χ3v) is 6.08. The number of imidazole rings is 1. The van der Waals surface area contributed by atoms with Crippen LogP contribution in [0.1, 0.15) is 16.2 Å². The number of hydrogen-bond acceptors (Lipinski definition) is 6. The van der Waals surface area contributed by atoms with Crippen molar-refractivity contribution in [1.29, 1.82) is 0 Å². The van der Waals surface area contributed by atoms with Gasteiger partial charge in [0, 0.05) is 23.0 Å². The number of nitrogens with one attached hydrogen (secondary N) is 2. The summed E-state index contributed by atoms with van der Waals surface area (Å²) in [5.41, 5.74) is 1.85. The average Bonchev–Trinajstić information content (AvgIpc) is 3.04. The van der Waals surface area contributed by atoms with Gasteiger partial charge in [0.05, 0.1) is 10.6 Å². The number of benzene rings is 1. The molecule has 0 aliphatic heterocycles. The van der Waals surface area contributed by atoms with Crippen molar-refractivity contribution in [2.45, 2.75) is 11.8 Å². The van der Waals surface area contributed by atoms with Gasteiger partial charge in [-0.05, 0) is 49.4 Å². The maximum absolute atomic E-state index is 12.8. The second-order valence-corrected chi connectivity index (χ2v) is 8.95. The summed E-state index contributed by atoms with van der Waals surface area (Å²) in [4.78, 5) is 17.1. The highest BCUT2D eigenvalue weighted by Gasteiger charge is 2.18. The number of anilines is 2. The van der Waals surface area contributed by atoms with Crippen molar-refractivity contribution in [3.05, 3.63) is 76.3 Å². The minimum atomic E-state index is -3.89. The fraction of sp³-hybridized carbons (Fsp3) is 0.0526. The molecule has 2 N–H and O–H groups in total. The number of halogens is 2. The molecule has 4 aromatic rings. The molecule has 3 aromatic heterocycles. The molecule has 3 heterocycles. The Labute approximate surface area is 187 Å². The predicted octanol–water partition coefficient (Wildman–Crippen LogP) is 3.79. The maximum atomic E-state index is 12.8. The molecule has 1 aromatic carbocycles. The number of hydrogen-bond donors (Lipinski definition) is 2. The van der Waals surface area contributed by atoms with Gasteiger partial charge in [0.1, 0.15) is 11.3 Å². The molecule has 0 fully saturated rings. The molecular formula is C19H14Cl2N6O3S. The van der Waals surface area contributed by atoms with Gasteiger partial charge in [-0.25, -0.2) is 13.4 Å². The number of amides is 1. The normalized spacial score (nSPS) is 11.5. The Balaban J connectivity index is 1.53. The largest absolute Gasteiger partial charge is 0.321 e. The molecule has 9 nitrogen and oxygen atoms in total. The first-order valence-electron chi connectivity index (χ1n) is 8.80. The van der Waals surface area contributed by atoms with E-state index in [2.05, 4.69) is 25.2 Å². The zero-order chi connectivity index (χ0) is 22.2. The zero-order valence-corrected chi connectivity index (χ0v) is 18.2. The monoisotopic (exact) mass is 476 g/mol. The minimum absolute atomic E-state index is 0.0112. The van der Waals surface area contributed by atoms with Crippen LogP contribution in [0.4, 0.5) is 11.5 Å². The van der Waals surface area contributed by atoms with Crippen LogP contribution in [0.3, 0.4) is 0 Å². The first-order chi connectivity index (χ1) is 14.7. The molecule has 0 atom stereocenters. The van der Waals surface area contributed by atoms with Crippen LogP contribution in [0.25, 0.3) is 5.65 Å². The van der Waals surface area contributed by atoms with Crippen LogP contribution >= 0.6 is 23.2 Å². The average molecular weight is 477 g/mol. The first-order valence-corrected chi connectivity index (χ1v) is 11.0. The van der Waals surface area contributed by atoms with Crippen LogP contribution in [-0.4, -0.2) is 33.9 Å². The van der Waals surface area contributed by atoms with Crippen molar-refractivity contribution in [1.82, 2.24) is 19.6 Å². The third kappa shape index (κ3) is 4.46. The van der Waals surface area contributed by atoms with Gasteiger partial charge in [-0.3, -0.25) is 13.9 Å². The topological polar surface area (TPSA) is 118 Å². The van der Waals surface area contributed by atoms with Gasteiger partial charge in [-0.15, -0.1) is 10.2 Å². The van der Waals surface area contributed by atoms with Crippen LogP contribution in [-0.2, 0) is 10.0 Å². The molecule has 0 spiro atoms. The predicted molar refractivity (Wildman–Crippen MR) is 117 cm³/mol. The van der Waals surface area contributed by atoms with Crippen molar-refractivity contribution >= 4 is 56.3 Å². The molecule has 0 radical (unpaired) electrons. The third-order valence-electron chi connectivity index (χ3n) is 4.27. The number of pyridine rings is 1. The molecule has 1 amide bonds. The molecule has 12 heteroatoms. The number of rotatable bonds is 5. The second kappa shape index (κ2) is 8.14. The van der Waals surface area contributed by atoms with E-state index in [1.54, 1.807) is 29.7 Å². The lowest BCUT2D eigenvalue weighted by Gasteiger charge is -2.09. The van der Waals surface area contributed by atoms with Crippen LogP contribution in [0.15, 0.2) is 59.6 Å². The molecule has 0 aliphatic carbocycles. The van der Waals surface area contributed by atoms with E-state index >= 15 is 0 Å². The van der Waals surface area contributed by atoms with E-state index in [0.717, 1.165) is 0 Å². The SMILES string of the molecule is Cc1nc2cc(Cl)ccn2c1C(=O)Nc1ccc(S(=O)(=O)Nc2ccc(Cl)nn2)cc1. The number of fused-ring (bicyclic) bond motifs is 1. The van der Waals surface area contributed by atoms with Gasteiger partial charge in [-0.2, -0.15) is 0 Å². The fourth-order valence-electron chi connectivity index (χ4n) is 2.89.